The molecule has 0 saturated carbocycles. The van der Waals surface area contributed by atoms with Crippen LogP contribution in [-0.4, -0.2) is 29.5 Å². The third-order valence-corrected chi connectivity index (χ3v) is 4.29. The molecule has 2 aromatic rings. The minimum Gasteiger partial charge on any atom is -0.491 e. The Morgan fingerprint density at radius 3 is 1.03 bits per heavy atom. The van der Waals surface area contributed by atoms with Crippen molar-refractivity contribution in [2.75, 3.05) is 0 Å². The van der Waals surface area contributed by atoms with E-state index in [0.29, 0.717) is 34.1 Å². The Labute approximate surface area is 192 Å². The number of benzene rings is 2. The van der Waals surface area contributed by atoms with Gasteiger partial charge in [0.05, 0.1) is 24.4 Å². The van der Waals surface area contributed by atoms with E-state index in [4.69, 9.17) is 25.4 Å². The second-order valence-electron chi connectivity index (χ2n) is 8.91. The van der Waals surface area contributed by atoms with Crippen molar-refractivity contribution >= 4 is 0 Å². The summed E-state index contributed by atoms with van der Waals surface area (Å²) < 4.78 is 23.6. The molecule has 2 rings (SSSR count). The van der Waals surface area contributed by atoms with E-state index in [9.17, 15) is 5.11 Å². The maximum Gasteiger partial charge on any atom is 0.177 e. The number of terminal acetylenes is 1. The lowest BCUT2D eigenvalue weighted by atomic mass is 9.86. The van der Waals surface area contributed by atoms with E-state index in [1.165, 1.54) is 0 Å². The second-order valence-corrected chi connectivity index (χ2v) is 8.91. The number of ether oxygens (including phenoxy) is 4. The summed E-state index contributed by atoms with van der Waals surface area (Å²) in [7, 11) is 0. The molecule has 0 spiro atoms. The molecule has 0 unspecified atom stereocenters. The predicted molar refractivity (Wildman–Crippen MR) is 128 cm³/mol. The van der Waals surface area contributed by atoms with Gasteiger partial charge in [-0.1, -0.05) is 5.92 Å². The average molecular weight is 441 g/mol. The maximum absolute atomic E-state index is 11.7. The van der Waals surface area contributed by atoms with E-state index >= 15 is 0 Å². The van der Waals surface area contributed by atoms with Gasteiger partial charge < -0.3 is 24.1 Å². The van der Waals surface area contributed by atoms with Gasteiger partial charge in [0, 0.05) is 23.3 Å². The van der Waals surface area contributed by atoms with Gasteiger partial charge in [-0.3, -0.25) is 0 Å². The van der Waals surface area contributed by atoms with Gasteiger partial charge in [-0.05, 0) is 79.7 Å². The van der Waals surface area contributed by atoms with Crippen LogP contribution in [0, 0.1) is 12.3 Å². The molecule has 0 radical (unpaired) electrons. The summed E-state index contributed by atoms with van der Waals surface area (Å²) >= 11 is 0. The molecule has 1 N–H and O–H groups in total. The van der Waals surface area contributed by atoms with Crippen LogP contribution in [0.1, 0.15) is 66.5 Å². The van der Waals surface area contributed by atoms with Gasteiger partial charge >= 0.3 is 0 Å². The monoisotopic (exact) mass is 440 g/mol. The fourth-order valence-corrected chi connectivity index (χ4v) is 3.26. The van der Waals surface area contributed by atoms with Gasteiger partial charge in [0.25, 0.3) is 0 Å². The Bertz CT molecular complexity index is 814. The van der Waals surface area contributed by atoms with E-state index in [-0.39, 0.29) is 24.4 Å². The Morgan fingerprint density at radius 2 is 0.844 bits per heavy atom. The van der Waals surface area contributed by atoms with Gasteiger partial charge in [-0.15, -0.1) is 6.42 Å². The minimum absolute atomic E-state index is 0.0510. The average Bonchev–Trinajstić information content (AvgIpc) is 2.64. The Balaban J connectivity index is 2.67. The van der Waals surface area contributed by atoms with Gasteiger partial charge in [-0.25, -0.2) is 0 Å². The molecule has 174 valence electrons. The summed E-state index contributed by atoms with van der Waals surface area (Å²) in [4.78, 5) is 0. The van der Waals surface area contributed by atoms with E-state index in [2.05, 4.69) is 5.92 Å². The first kappa shape index (κ1) is 25.4. The van der Waals surface area contributed by atoms with Crippen LogP contribution in [-0.2, 0) is 5.60 Å². The molecule has 0 heterocycles. The van der Waals surface area contributed by atoms with Crippen molar-refractivity contribution in [3.05, 3.63) is 47.5 Å². The topological polar surface area (TPSA) is 57.2 Å². The summed E-state index contributed by atoms with van der Waals surface area (Å²) in [5.41, 5.74) is -0.825. The van der Waals surface area contributed by atoms with Crippen molar-refractivity contribution < 1.29 is 24.1 Å². The van der Waals surface area contributed by atoms with E-state index < -0.39 is 5.60 Å². The normalized spacial score (nSPS) is 11.8. The third kappa shape index (κ3) is 6.83. The van der Waals surface area contributed by atoms with Crippen molar-refractivity contribution in [3.63, 3.8) is 0 Å². The van der Waals surface area contributed by atoms with Crippen LogP contribution in [0.25, 0.3) is 0 Å². The number of rotatable bonds is 10. The van der Waals surface area contributed by atoms with Crippen LogP contribution in [0.3, 0.4) is 0 Å². The van der Waals surface area contributed by atoms with Gasteiger partial charge in [0.1, 0.15) is 23.0 Å². The molecular weight excluding hydrogens is 404 g/mol. The van der Waals surface area contributed by atoms with Crippen molar-refractivity contribution in [1.82, 2.24) is 0 Å². The SMILES string of the molecule is C#CC(O)(c1cc(OC(C)C)cc(OC(C)C)c1)c1cc(OC(C)C)cc(OC(C)C)c1. The minimum atomic E-state index is -1.75. The van der Waals surface area contributed by atoms with E-state index in [1.807, 2.05) is 55.4 Å². The highest BCUT2D eigenvalue weighted by Gasteiger charge is 2.32. The standard InChI is InChI=1S/C27H36O5/c1-10-27(28,21-11-23(29-17(2)3)15-24(12-21)30-18(4)5)22-13-25(31-19(6)7)16-26(14-22)32-20(8)9/h1,11-20,28H,2-9H3. The smallest absolute Gasteiger partial charge is 0.177 e. The largest absolute Gasteiger partial charge is 0.491 e. The lowest BCUT2D eigenvalue weighted by Crippen LogP contribution is -2.26. The molecular formula is C27H36O5. The molecule has 0 amide bonds. The number of hydrogen-bond acceptors (Lipinski definition) is 5. The first-order chi connectivity index (χ1) is 14.9. The van der Waals surface area contributed by atoms with Crippen LogP contribution in [0.4, 0.5) is 0 Å². The predicted octanol–water partition coefficient (Wildman–Crippen LogP) is 5.70. The summed E-state index contributed by atoms with van der Waals surface area (Å²) in [5, 5.41) is 11.7. The molecule has 32 heavy (non-hydrogen) atoms. The Morgan fingerprint density at radius 1 is 0.594 bits per heavy atom. The summed E-state index contributed by atoms with van der Waals surface area (Å²) in [5.74, 6) is 4.83. The second kappa shape index (κ2) is 10.7. The molecule has 0 fully saturated rings. The molecule has 0 aliphatic carbocycles. The van der Waals surface area contributed by atoms with Crippen LogP contribution in [0.15, 0.2) is 36.4 Å². The molecule has 0 aromatic heterocycles. The zero-order chi connectivity index (χ0) is 24.1. The first-order valence-electron chi connectivity index (χ1n) is 11.1. The summed E-state index contributed by atoms with van der Waals surface area (Å²) in [6, 6.07) is 10.6. The Kier molecular flexibility index (Phi) is 8.46. The molecule has 5 heteroatoms. The zero-order valence-corrected chi connectivity index (χ0v) is 20.4. The van der Waals surface area contributed by atoms with Crippen LogP contribution < -0.4 is 18.9 Å². The number of aliphatic hydroxyl groups is 1. The highest BCUT2D eigenvalue weighted by atomic mass is 16.5. The van der Waals surface area contributed by atoms with E-state index in [1.54, 1.807) is 36.4 Å². The summed E-state index contributed by atoms with van der Waals surface area (Å²) in [6.07, 6.45) is 5.71. The van der Waals surface area contributed by atoms with Gasteiger partial charge in [0.15, 0.2) is 5.60 Å². The van der Waals surface area contributed by atoms with Crippen molar-refractivity contribution in [3.8, 4) is 35.3 Å². The summed E-state index contributed by atoms with van der Waals surface area (Å²) in [6.45, 7) is 15.5. The fourth-order valence-electron chi connectivity index (χ4n) is 3.26. The molecule has 0 aliphatic rings. The lowest BCUT2D eigenvalue weighted by Gasteiger charge is -2.27. The van der Waals surface area contributed by atoms with Crippen LogP contribution in [0.5, 0.6) is 23.0 Å². The van der Waals surface area contributed by atoms with Crippen molar-refractivity contribution in [2.45, 2.75) is 85.4 Å². The van der Waals surface area contributed by atoms with Crippen LogP contribution >= 0.6 is 0 Å². The highest BCUT2D eigenvalue weighted by Crippen LogP contribution is 2.38. The van der Waals surface area contributed by atoms with Gasteiger partial charge in [0.2, 0.25) is 0 Å². The molecule has 2 aromatic carbocycles. The van der Waals surface area contributed by atoms with Gasteiger partial charge in [-0.2, -0.15) is 0 Å². The Hall–Kier alpha value is -2.84. The molecule has 0 aliphatic heterocycles. The van der Waals surface area contributed by atoms with Crippen LogP contribution in [0.2, 0.25) is 0 Å². The highest BCUT2D eigenvalue weighted by molar-refractivity contribution is 5.53. The fraction of sp³-hybridized carbons (Fsp3) is 0.481. The zero-order valence-electron chi connectivity index (χ0n) is 20.4. The lowest BCUT2D eigenvalue weighted by molar-refractivity contribution is 0.141. The molecule has 5 nitrogen and oxygen atoms in total. The third-order valence-electron chi connectivity index (χ3n) is 4.29. The van der Waals surface area contributed by atoms with Crippen molar-refractivity contribution in [2.24, 2.45) is 0 Å². The molecule has 0 atom stereocenters. The number of hydrogen-bond donors (Lipinski definition) is 1. The van der Waals surface area contributed by atoms with Crippen molar-refractivity contribution in [1.29, 1.82) is 0 Å². The molecule has 0 bridgehead atoms. The van der Waals surface area contributed by atoms with E-state index in [0.717, 1.165) is 0 Å². The quantitative estimate of drug-likeness (QED) is 0.480. The molecule has 0 saturated heterocycles. The first-order valence-corrected chi connectivity index (χ1v) is 11.1. The maximum atomic E-state index is 11.7.